The van der Waals surface area contributed by atoms with Crippen molar-refractivity contribution in [2.45, 2.75) is 13.5 Å². The molecule has 7 heteroatoms. The Morgan fingerprint density at radius 3 is 2.89 bits per heavy atom. The summed E-state index contributed by atoms with van der Waals surface area (Å²) in [4.78, 5) is 10.3. The smallest absolute Gasteiger partial charge is 0.312 e. The molecule has 1 aromatic carbocycles. The average molecular weight is 269 g/mol. The van der Waals surface area contributed by atoms with Gasteiger partial charge in [0.15, 0.2) is 5.75 Å². The molecule has 0 bridgehead atoms. The summed E-state index contributed by atoms with van der Waals surface area (Å²) in [6, 6.07) is 5.91. The molecule has 0 radical (unpaired) electrons. The van der Waals surface area contributed by atoms with E-state index in [2.05, 4.69) is 5.16 Å². The van der Waals surface area contributed by atoms with Gasteiger partial charge >= 0.3 is 5.69 Å². The SMILES string of the molecule is Cc1cc(COc2ccc(Cl)cc2[N+](=O)[O-])no1. The number of hydrogen-bond donors (Lipinski definition) is 0. The maximum absolute atomic E-state index is 10.8. The van der Waals surface area contributed by atoms with E-state index in [4.69, 9.17) is 20.9 Å². The fraction of sp³-hybridized carbons (Fsp3) is 0.182. The van der Waals surface area contributed by atoms with Crippen molar-refractivity contribution in [3.63, 3.8) is 0 Å². The largest absolute Gasteiger partial charge is 0.480 e. The van der Waals surface area contributed by atoms with Gasteiger partial charge in [0.2, 0.25) is 0 Å². The van der Waals surface area contributed by atoms with Gasteiger partial charge in [-0.2, -0.15) is 0 Å². The Hall–Kier alpha value is -2.08. The third-order valence-corrected chi connectivity index (χ3v) is 2.41. The number of hydrogen-bond acceptors (Lipinski definition) is 5. The van der Waals surface area contributed by atoms with Gasteiger partial charge in [0.25, 0.3) is 0 Å². The summed E-state index contributed by atoms with van der Waals surface area (Å²) in [7, 11) is 0. The Morgan fingerprint density at radius 2 is 2.28 bits per heavy atom. The number of aromatic nitrogens is 1. The van der Waals surface area contributed by atoms with Crippen LogP contribution in [0.3, 0.4) is 0 Å². The quantitative estimate of drug-likeness (QED) is 0.629. The van der Waals surface area contributed by atoms with Crippen molar-refractivity contribution < 1.29 is 14.2 Å². The summed E-state index contributed by atoms with van der Waals surface area (Å²) in [5, 5.41) is 14.8. The number of halogens is 1. The Labute approximate surface area is 107 Å². The molecule has 1 heterocycles. The van der Waals surface area contributed by atoms with Crippen LogP contribution in [0.1, 0.15) is 11.5 Å². The lowest BCUT2D eigenvalue weighted by atomic mass is 10.3. The molecule has 0 unspecified atom stereocenters. The van der Waals surface area contributed by atoms with E-state index in [0.29, 0.717) is 11.5 Å². The highest BCUT2D eigenvalue weighted by molar-refractivity contribution is 6.30. The van der Waals surface area contributed by atoms with Gasteiger partial charge in [-0.05, 0) is 19.1 Å². The molecular formula is C11H9ClN2O4. The molecule has 0 saturated heterocycles. The topological polar surface area (TPSA) is 78.4 Å². The maximum atomic E-state index is 10.8. The van der Waals surface area contributed by atoms with E-state index in [9.17, 15) is 10.1 Å². The van der Waals surface area contributed by atoms with Crippen molar-refractivity contribution in [3.8, 4) is 5.75 Å². The van der Waals surface area contributed by atoms with Crippen LogP contribution in [0.4, 0.5) is 5.69 Å². The van der Waals surface area contributed by atoms with Gasteiger partial charge in [0.1, 0.15) is 18.1 Å². The van der Waals surface area contributed by atoms with Crippen molar-refractivity contribution in [2.75, 3.05) is 0 Å². The Balaban J connectivity index is 2.16. The van der Waals surface area contributed by atoms with Crippen LogP contribution < -0.4 is 4.74 Å². The van der Waals surface area contributed by atoms with E-state index in [1.54, 1.807) is 13.0 Å². The van der Waals surface area contributed by atoms with E-state index in [0.717, 1.165) is 0 Å². The average Bonchev–Trinajstić information content (AvgIpc) is 2.73. The summed E-state index contributed by atoms with van der Waals surface area (Å²) in [6.45, 7) is 1.85. The number of nitro benzene ring substituents is 1. The molecule has 0 atom stereocenters. The zero-order valence-electron chi connectivity index (χ0n) is 9.42. The number of nitrogens with zero attached hydrogens (tertiary/aromatic N) is 2. The summed E-state index contributed by atoms with van der Waals surface area (Å²) in [5.74, 6) is 0.796. The zero-order valence-corrected chi connectivity index (χ0v) is 10.2. The second kappa shape index (κ2) is 5.05. The molecule has 6 nitrogen and oxygen atoms in total. The van der Waals surface area contributed by atoms with Crippen LogP contribution in [-0.2, 0) is 6.61 Å². The fourth-order valence-electron chi connectivity index (χ4n) is 1.39. The minimum absolute atomic E-state index is 0.0970. The maximum Gasteiger partial charge on any atom is 0.312 e. The lowest BCUT2D eigenvalue weighted by molar-refractivity contribution is -0.385. The van der Waals surface area contributed by atoms with Crippen molar-refractivity contribution in [1.29, 1.82) is 0 Å². The van der Waals surface area contributed by atoms with Crippen molar-refractivity contribution in [2.24, 2.45) is 0 Å². The fourth-order valence-corrected chi connectivity index (χ4v) is 1.56. The predicted molar refractivity (Wildman–Crippen MR) is 63.7 cm³/mol. The number of benzene rings is 1. The third kappa shape index (κ3) is 2.78. The van der Waals surface area contributed by atoms with Gasteiger partial charge < -0.3 is 9.26 Å². The van der Waals surface area contributed by atoms with Gasteiger partial charge in [-0.1, -0.05) is 16.8 Å². The molecule has 0 N–H and O–H groups in total. The standard InChI is InChI=1S/C11H9ClN2O4/c1-7-4-9(13-18-7)6-17-11-3-2-8(12)5-10(11)14(15)16/h2-5H,6H2,1H3. The minimum Gasteiger partial charge on any atom is -0.480 e. The third-order valence-electron chi connectivity index (χ3n) is 2.17. The van der Waals surface area contributed by atoms with E-state index in [-0.39, 0.29) is 23.1 Å². The van der Waals surface area contributed by atoms with Crippen LogP contribution in [0.25, 0.3) is 0 Å². The predicted octanol–water partition coefficient (Wildman–Crippen LogP) is 3.12. The number of nitro groups is 1. The molecule has 0 fully saturated rings. The van der Waals surface area contributed by atoms with Crippen LogP contribution in [0, 0.1) is 17.0 Å². The van der Waals surface area contributed by atoms with Gasteiger partial charge in [-0.3, -0.25) is 10.1 Å². The molecule has 94 valence electrons. The molecular weight excluding hydrogens is 260 g/mol. The first-order chi connectivity index (χ1) is 8.56. The van der Waals surface area contributed by atoms with Gasteiger partial charge in [-0.25, -0.2) is 0 Å². The van der Waals surface area contributed by atoms with Gasteiger partial charge in [0, 0.05) is 17.2 Å². The first kappa shape index (κ1) is 12.4. The van der Waals surface area contributed by atoms with E-state index < -0.39 is 4.92 Å². The Kier molecular flexibility index (Phi) is 3.47. The first-order valence-corrected chi connectivity index (χ1v) is 5.43. The summed E-state index contributed by atoms with van der Waals surface area (Å²) in [6.07, 6.45) is 0. The molecule has 0 aliphatic carbocycles. The molecule has 0 saturated carbocycles. The van der Waals surface area contributed by atoms with Crippen molar-refractivity contribution in [1.82, 2.24) is 5.16 Å². The van der Waals surface area contributed by atoms with Crippen LogP contribution in [0.5, 0.6) is 5.75 Å². The first-order valence-electron chi connectivity index (χ1n) is 5.05. The Bertz CT molecular complexity index is 582. The van der Waals surface area contributed by atoms with Crippen LogP contribution in [0.2, 0.25) is 5.02 Å². The molecule has 0 spiro atoms. The molecule has 0 aliphatic heterocycles. The van der Waals surface area contributed by atoms with E-state index in [1.165, 1.54) is 18.2 Å². The second-order valence-electron chi connectivity index (χ2n) is 3.59. The molecule has 0 aliphatic rings. The monoisotopic (exact) mass is 268 g/mol. The second-order valence-corrected chi connectivity index (χ2v) is 4.02. The molecule has 2 aromatic rings. The highest BCUT2D eigenvalue weighted by Crippen LogP contribution is 2.30. The summed E-state index contributed by atoms with van der Waals surface area (Å²) in [5.41, 5.74) is 0.388. The van der Waals surface area contributed by atoms with Crippen LogP contribution in [0.15, 0.2) is 28.8 Å². The lowest BCUT2D eigenvalue weighted by Gasteiger charge is -2.04. The highest BCUT2D eigenvalue weighted by atomic mass is 35.5. The van der Waals surface area contributed by atoms with Crippen LogP contribution >= 0.6 is 11.6 Å². The van der Waals surface area contributed by atoms with Gasteiger partial charge in [0.05, 0.1) is 4.92 Å². The minimum atomic E-state index is -0.546. The number of aryl methyl sites for hydroxylation is 1. The number of ether oxygens (including phenoxy) is 1. The highest BCUT2D eigenvalue weighted by Gasteiger charge is 2.16. The number of rotatable bonds is 4. The van der Waals surface area contributed by atoms with Gasteiger partial charge in [-0.15, -0.1) is 0 Å². The van der Waals surface area contributed by atoms with E-state index in [1.807, 2.05) is 0 Å². The lowest BCUT2D eigenvalue weighted by Crippen LogP contribution is -1.99. The normalized spacial score (nSPS) is 10.3. The molecule has 2 rings (SSSR count). The molecule has 1 aromatic heterocycles. The van der Waals surface area contributed by atoms with Crippen LogP contribution in [-0.4, -0.2) is 10.1 Å². The van der Waals surface area contributed by atoms with E-state index >= 15 is 0 Å². The Morgan fingerprint density at radius 1 is 1.50 bits per heavy atom. The zero-order chi connectivity index (χ0) is 13.1. The molecule has 0 amide bonds. The summed E-state index contributed by atoms with van der Waals surface area (Å²) < 4.78 is 10.2. The van der Waals surface area contributed by atoms with Crippen molar-refractivity contribution >= 4 is 17.3 Å². The van der Waals surface area contributed by atoms with Crippen molar-refractivity contribution in [3.05, 3.63) is 50.9 Å². The summed E-state index contributed by atoms with van der Waals surface area (Å²) >= 11 is 5.69. The molecule has 18 heavy (non-hydrogen) atoms.